The molecule has 1 aromatic carbocycles. The first-order valence-corrected chi connectivity index (χ1v) is 4.90. The Kier molecular flexibility index (Phi) is 3.60. The second kappa shape index (κ2) is 4.51. The Morgan fingerprint density at radius 3 is 2.46 bits per heavy atom. The maximum atomic E-state index is 12.5. The van der Waals surface area contributed by atoms with Crippen LogP contribution in [0.2, 0.25) is 0 Å². The Hall–Kier alpha value is -0.700. The zero-order chi connectivity index (χ0) is 9.84. The fourth-order valence-electron chi connectivity index (χ4n) is 0.971. The molecule has 1 nitrogen and oxygen atoms in total. The van der Waals surface area contributed by atoms with E-state index in [1.165, 1.54) is 19.1 Å². The molecule has 0 saturated carbocycles. The quantitative estimate of drug-likeness (QED) is 0.748. The van der Waals surface area contributed by atoms with Gasteiger partial charge in [-0.15, -0.1) is 0 Å². The molecular weight excluding hydrogens is 235 g/mol. The number of alkyl halides is 1. The second-order valence-electron chi connectivity index (χ2n) is 2.91. The Bertz CT molecular complexity index is 294. The van der Waals surface area contributed by atoms with Crippen LogP contribution in [-0.2, 0) is 11.2 Å². The largest absolute Gasteiger partial charge is 0.299 e. The Labute approximate surface area is 85.1 Å². The van der Waals surface area contributed by atoms with Crippen molar-refractivity contribution in [2.75, 3.05) is 0 Å². The number of halogens is 2. The summed E-state index contributed by atoms with van der Waals surface area (Å²) in [7, 11) is 0. The predicted octanol–water partition coefficient (Wildman–Crippen LogP) is 2.72. The molecule has 0 aliphatic rings. The van der Waals surface area contributed by atoms with E-state index in [2.05, 4.69) is 15.9 Å². The van der Waals surface area contributed by atoms with Crippen molar-refractivity contribution in [2.45, 2.75) is 18.2 Å². The minimum atomic E-state index is -0.252. The van der Waals surface area contributed by atoms with E-state index in [4.69, 9.17) is 0 Å². The fourth-order valence-corrected chi connectivity index (χ4v) is 1.34. The van der Waals surface area contributed by atoms with Crippen LogP contribution in [-0.4, -0.2) is 10.6 Å². The van der Waals surface area contributed by atoms with Crippen LogP contribution in [0.5, 0.6) is 0 Å². The zero-order valence-corrected chi connectivity index (χ0v) is 8.84. The number of hydrogen-bond donors (Lipinski definition) is 0. The zero-order valence-electron chi connectivity index (χ0n) is 7.26. The molecule has 0 radical (unpaired) electrons. The third kappa shape index (κ3) is 3.27. The van der Waals surface area contributed by atoms with Gasteiger partial charge in [-0.25, -0.2) is 4.39 Å². The van der Waals surface area contributed by atoms with Gasteiger partial charge in [0.1, 0.15) is 11.6 Å². The lowest BCUT2D eigenvalue weighted by atomic mass is 10.1. The van der Waals surface area contributed by atoms with Crippen molar-refractivity contribution in [2.24, 2.45) is 0 Å². The van der Waals surface area contributed by atoms with Crippen molar-refractivity contribution in [3.8, 4) is 0 Å². The summed E-state index contributed by atoms with van der Waals surface area (Å²) >= 11 is 3.25. The number of carbonyl (C=O) groups excluding carboxylic acids is 1. The summed E-state index contributed by atoms with van der Waals surface area (Å²) in [4.78, 5) is 10.7. The highest BCUT2D eigenvalue weighted by Gasteiger charge is 2.09. The highest BCUT2D eigenvalue weighted by Crippen LogP contribution is 2.11. The molecule has 1 rings (SSSR count). The summed E-state index contributed by atoms with van der Waals surface area (Å²) in [5.41, 5.74) is 0.957. The number of ketones is 1. The lowest BCUT2D eigenvalue weighted by Gasteiger charge is -2.04. The maximum Gasteiger partial charge on any atom is 0.143 e. The van der Waals surface area contributed by atoms with E-state index in [1.807, 2.05) is 0 Å². The van der Waals surface area contributed by atoms with E-state index in [9.17, 15) is 9.18 Å². The molecule has 0 aromatic heterocycles. The van der Waals surface area contributed by atoms with Gasteiger partial charge in [-0.2, -0.15) is 0 Å². The van der Waals surface area contributed by atoms with E-state index >= 15 is 0 Å². The van der Waals surface area contributed by atoms with E-state index in [-0.39, 0.29) is 16.4 Å². The Morgan fingerprint density at radius 1 is 1.46 bits per heavy atom. The summed E-state index contributed by atoms with van der Waals surface area (Å²) in [5.74, 6) is -0.165. The topological polar surface area (TPSA) is 17.1 Å². The van der Waals surface area contributed by atoms with Crippen molar-refractivity contribution < 1.29 is 9.18 Å². The van der Waals surface area contributed by atoms with Crippen molar-refractivity contribution >= 4 is 21.7 Å². The molecule has 0 aliphatic carbocycles. The van der Waals surface area contributed by atoms with Crippen LogP contribution < -0.4 is 0 Å². The summed E-state index contributed by atoms with van der Waals surface area (Å²) in [6, 6.07) is 6.17. The maximum absolute atomic E-state index is 12.5. The van der Waals surface area contributed by atoms with Gasteiger partial charge in [0.15, 0.2) is 0 Å². The van der Waals surface area contributed by atoms with E-state index in [1.54, 1.807) is 12.1 Å². The molecule has 1 unspecified atom stereocenters. The molecular formula is C10H10BrFO. The van der Waals surface area contributed by atoms with E-state index in [0.717, 1.165) is 5.56 Å². The van der Waals surface area contributed by atoms with Crippen molar-refractivity contribution in [3.05, 3.63) is 35.6 Å². The summed E-state index contributed by atoms with van der Waals surface area (Å²) in [6.07, 6.45) is 0.607. The predicted molar refractivity (Wildman–Crippen MR) is 53.5 cm³/mol. The lowest BCUT2D eigenvalue weighted by Crippen LogP contribution is -2.12. The molecule has 13 heavy (non-hydrogen) atoms. The Balaban J connectivity index is 2.64. The van der Waals surface area contributed by atoms with Gasteiger partial charge in [-0.3, -0.25) is 4.79 Å². The molecule has 3 heteroatoms. The minimum absolute atomic E-state index is 0.0873. The fraction of sp³-hybridized carbons (Fsp3) is 0.300. The minimum Gasteiger partial charge on any atom is -0.299 e. The average Bonchev–Trinajstić information content (AvgIpc) is 2.08. The SMILES string of the molecule is CC(=O)C(Br)Cc1ccc(F)cc1. The molecule has 0 amide bonds. The van der Waals surface area contributed by atoms with E-state index < -0.39 is 0 Å². The van der Waals surface area contributed by atoms with Crippen LogP contribution in [0.1, 0.15) is 12.5 Å². The number of benzene rings is 1. The van der Waals surface area contributed by atoms with Gasteiger partial charge in [0.2, 0.25) is 0 Å². The summed E-state index contributed by atoms with van der Waals surface area (Å²) in [5, 5.41) is 0. The number of hydrogen-bond acceptors (Lipinski definition) is 1. The van der Waals surface area contributed by atoms with Gasteiger partial charge >= 0.3 is 0 Å². The normalized spacial score (nSPS) is 12.5. The van der Waals surface area contributed by atoms with Crippen LogP contribution in [0.3, 0.4) is 0 Å². The first kappa shape index (κ1) is 10.4. The monoisotopic (exact) mass is 244 g/mol. The first-order valence-electron chi connectivity index (χ1n) is 3.98. The second-order valence-corrected chi connectivity index (χ2v) is 4.01. The molecule has 0 fully saturated rings. The first-order chi connectivity index (χ1) is 6.09. The van der Waals surface area contributed by atoms with Crippen LogP contribution in [0.4, 0.5) is 4.39 Å². The molecule has 0 saturated heterocycles. The van der Waals surface area contributed by atoms with Gasteiger partial charge in [-0.05, 0) is 31.0 Å². The molecule has 1 aromatic rings. The number of carbonyl (C=O) groups is 1. The van der Waals surface area contributed by atoms with Gasteiger partial charge < -0.3 is 0 Å². The van der Waals surface area contributed by atoms with Crippen LogP contribution >= 0.6 is 15.9 Å². The molecule has 0 bridgehead atoms. The third-order valence-corrected chi connectivity index (χ3v) is 2.74. The molecule has 0 spiro atoms. The lowest BCUT2D eigenvalue weighted by molar-refractivity contribution is -0.116. The van der Waals surface area contributed by atoms with Crippen LogP contribution in [0.25, 0.3) is 0 Å². The third-order valence-electron chi connectivity index (χ3n) is 1.77. The summed E-state index contributed by atoms with van der Waals surface area (Å²) < 4.78 is 12.5. The van der Waals surface area contributed by atoms with Crippen LogP contribution in [0.15, 0.2) is 24.3 Å². The summed E-state index contributed by atoms with van der Waals surface area (Å²) in [6.45, 7) is 1.53. The molecule has 0 heterocycles. The number of Topliss-reactive ketones (excluding diaryl/α,β-unsaturated/α-hetero) is 1. The van der Waals surface area contributed by atoms with Gasteiger partial charge in [-0.1, -0.05) is 28.1 Å². The molecule has 1 atom stereocenters. The van der Waals surface area contributed by atoms with Crippen molar-refractivity contribution in [1.29, 1.82) is 0 Å². The van der Waals surface area contributed by atoms with Gasteiger partial charge in [0.05, 0.1) is 4.83 Å². The highest BCUT2D eigenvalue weighted by molar-refractivity contribution is 9.10. The Morgan fingerprint density at radius 2 is 2.00 bits per heavy atom. The molecule has 0 aliphatic heterocycles. The van der Waals surface area contributed by atoms with E-state index in [0.29, 0.717) is 6.42 Å². The highest BCUT2D eigenvalue weighted by atomic mass is 79.9. The number of rotatable bonds is 3. The van der Waals surface area contributed by atoms with Gasteiger partial charge in [0, 0.05) is 0 Å². The smallest absolute Gasteiger partial charge is 0.143 e. The van der Waals surface area contributed by atoms with Crippen LogP contribution in [0, 0.1) is 5.82 Å². The van der Waals surface area contributed by atoms with Crippen molar-refractivity contribution in [1.82, 2.24) is 0 Å². The average molecular weight is 245 g/mol. The standard InChI is InChI=1S/C10H10BrFO/c1-7(13)10(11)6-8-2-4-9(12)5-3-8/h2-5,10H,6H2,1H3. The molecule has 70 valence electrons. The van der Waals surface area contributed by atoms with Crippen molar-refractivity contribution in [3.63, 3.8) is 0 Å². The molecule has 0 N–H and O–H groups in total. The van der Waals surface area contributed by atoms with Gasteiger partial charge in [0.25, 0.3) is 0 Å².